The van der Waals surface area contributed by atoms with E-state index in [9.17, 15) is 69.4 Å². The first-order valence-corrected chi connectivity index (χ1v) is 24.3. The maximum Gasteiger partial charge on any atom is 1.00 e. The number of aliphatic carboxylic acids is 4. The summed E-state index contributed by atoms with van der Waals surface area (Å²) < 4.78 is 84.4. The minimum Gasteiger partial charge on any atom is -0.744 e. The minimum atomic E-state index is -5.21. The van der Waals surface area contributed by atoms with Crippen molar-refractivity contribution in [3.63, 3.8) is 0 Å². The Morgan fingerprint density at radius 3 is 1.18 bits per heavy atom. The molecule has 6 aromatic rings. The second-order valence-corrected chi connectivity index (χ2v) is 19.0. The number of carbonyl (C=O) groups is 4. The van der Waals surface area contributed by atoms with Crippen LogP contribution >= 0.6 is 0 Å². The van der Waals surface area contributed by atoms with Crippen LogP contribution in [-0.4, -0.2) is 95.7 Å². The summed E-state index contributed by atoms with van der Waals surface area (Å²) in [6.45, 7) is 0. The first-order chi connectivity index (χ1) is 33.8. The molecular weight excluding hydrogens is 1150 g/mol. The van der Waals surface area contributed by atoms with Crippen LogP contribution in [0.15, 0.2) is 99.6 Å². The molecule has 0 aliphatic rings. The van der Waals surface area contributed by atoms with Gasteiger partial charge < -0.3 is 76.1 Å². The minimum absolute atomic E-state index is 0. The Labute approximate surface area is 576 Å². The Hall–Kier alpha value is -2.95. The monoisotopic (exact) mass is 1180 g/mol. The van der Waals surface area contributed by atoms with Gasteiger partial charge in [0.15, 0.2) is 0 Å². The topological polar surface area (TPSA) is 488 Å². The van der Waals surface area contributed by atoms with Gasteiger partial charge in [-0.15, -0.1) is 30.3 Å². The van der Waals surface area contributed by atoms with Crippen LogP contribution in [0.25, 0.3) is 12.2 Å². The average Bonchev–Trinajstić information content (AvgIpc) is 3.27. The van der Waals surface area contributed by atoms with E-state index in [0.717, 1.165) is 18.2 Å². The normalized spacial score (nSPS) is 11.6. The van der Waals surface area contributed by atoms with Gasteiger partial charge in [0.1, 0.15) is 10.1 Å². The number of anilines is 10. The van der Waals surface area contributed by atoms with Crippen LogP contribution in [-0.2, 0) is 49.3 Å². The standard InChI is InChI=1S/C40H37N14O15S3.6Na/c41-70(63,64)26-13-9-23(10-14-26)44-36-49-35(51-39(52-36)47-28(33(59)60)18-31(55)56)43-22-6-2-20(3-7-22)1-4-21-5-8-25(17-30(21)72(67,68)69)46-38-50-37(45-24-11-15-27(16-12-24)71(42,65)66)53-40(54-38)48-29(34(61)62)19-32(57)58;;;;;;/h1-2,4-17,28-29H,18-19H2,(H,55,56)(H,57,58)(H,59,60)(H,61,62)(H2,41,63,64)(H2,42,65,66)(H,67,68,69)(H3,43,44,47,49,51,52)(H3,45,46,48,50,53,54);;;;;;/q-1;6*+1/p-5/b4-1+;;;;;;. The molecule has 376 valence electrons. The van der Waals surface area contributed by atoms with E-state index in [4.69, 9.17) is 10.3 Å². The summed E-state index contributed by atoms with van der Waals surface area (Å²) in [5, 5.41) is 71.6. The molecule has 0 aliphatic heterocycles. The van der Waals surface area contributed by atoms with Crippen molar-refractivity contribution in [2.45, 2.75) is 39.6 Å². The molecule has 2 unspecified atom stereocenters. The zero-order valence-corrected chi connectivity index (χ0v) is 56.4. The number of benzene rings is 4. The van der Waals surface area contributed by atoms with Crippen molar-refractivity contribution in [1.82, 2.24) is 29.9 Å². The number of sulfonamides is 2. The Kier molecular flexibility index (Phi) is 32.0. The molecule has 0 amide bonds. The Balaban J connectivity index is 0.00000988. The molecule has 6 rings (SSSR count). The largest absolute Gasteiger partial charge is 1.00 e. The number of hydrogen-bond donors (Lipinski definition) is 8. The summed E-state index contributed by atoms with van der Waals surface area (Å²) in [4.78, 5) is 69.0. The third-order valence-corrected chi connectivity index (χ3v) is 11.9. The molecule has 0 fully saturated rings. The second kappa shape index (κ2) is 33.2. The van der Waals surface area contributed by atoms with Crippen LogP contribution in [0.5, 0.6) is 0 Å². The van der Waals surface area contributed by atoms with Gasteiger partial charge in [0.25, 0.3) is 0 Å². The maximum absolute atomic E-state index is 12.5. The Morgan fingerprint density at radius 1 is 0.500 bits per heavy atom. The number of carboxylic acids is 4. The fourth-order valence-corrected chi connectivity index (χ4v) is 7.60. The fourth-order valence-electron chi connectivity index (χ4n) is 5.87. The fraction of sp³-hybridized carbons (Fsp3) is 0.100. The van der Waals surface area contributed by atoms with E-state index in [-0.39, 0.29) is 233 Å². The van der Waals surface area contributed by atoms with Crippen molar-refractivity contribution in [2.75, 3.05) is 31.9 Å². The molecule has 29 nitrogen and oxygen atoms in total. The van der Waals surface area contributed by atoms with Gasteiger partial charge in [0.05, 0.1) is 38.7 Å². The van der Waals surface area contributed by atoms with Crippen molar-refractivity contribution in [3.05, 3.63) is 102 Å². The van der Waals surface area contributed by atoms with Crippen molar-refractivity contribution in [2.24, 2.45) is 10.3 Å². The summed E-state index contributed by atoms with van der Waals surface area (Å²) >= 11 is 0. The zero-order valence-electron chi connectivity index (χ0n) is 42.0. The number of carbonyl (C=O) groups excluding carboxylic acids is 4. The van der Waals surface area contributed by atoms with Gasteiger partial charge in [-0.25, -0.2) is 35.5 Å². The quantitative estimate of drug-likeness (QED) is 0.0128. The molecule has 4 aromatic carbocycles. The molecule has 2 aromatic heterocycles. The molecule has 0 radical (unpaired) electrons. The molecule has 0 aliphatic carbocycles. The van der Waals surface area contributed by atoms with Crippen LogP contribution < -0.4 is 240 Å². The number of aromatic nitrogens is 6. The van der Waals surface area contributed by atoms with Gasteiger partial charge in [-0.3, -0.25) is 0 Å². The van der Waals surface area contributed by atoms with E-state index < -0.39 is 102 Å². The maximum atomic E-state index is 12.5. The van der Waals surface area contributed by atoms with E-state index in [1.807, 2.05) is 0 Å². The van der Waals surface area contributed by atoms with E-state index in [1.54, 1.807) is 0 Å². The van der Waals surface area contributed by atoms with Crippen LogP contribution in [0.1, 0.15) is 24.0 Å². The molecule has 0 bridgehead atoms. The molecule has 0 saturated carbocycles. The Bertz CT molecular complexity index is 3460. The second-order valence-electron chi connectivity index (χ2n) is 14.5. The van der Waals surface area contributed by atoms with Crippen molar-refractivity contribution in [1.29, 1.82) is 0 Å². The molecular formula is C40H32N14Na6O15S3. The van der Waals surface area contributed by atoms with Crippen LogP contribution in [0, 0.1) is 6.07 Å². The smallest absolute Gasteiger partial charge is 0.744 e. The first kappa shape index (κ1) is 75.0. The first-order valence-electron chi connectivity index (χ1n) is 19.8. The predicted molar refractivity (Wildman–Crippen MR) is 241 cm³/mol. The molecule has 0 saturated heterocycles. The molecule has 38 heteroatoms. The molecule has 0 spiro atoms. The molecule has 2 atom stereocenters. The Morgan fingerprint density at radius 2 is 0.846 bits per heavy atom. The number of nitrogens with zero attached hydrogens (tertiary/aromatic N) is 6. The van der Waals surface area contributed by atoms with E-state index >= 15 is 0 Å². The van der Waals surface area contributed by atoms with Gasteiger partial charge in [-0.2, -0.15) is 35.5 Å². The number of hydrogen-bond acceptors (Lipinski definition) is 27. The molecule has 78 heavy (non-hydrogen) atoms. The zero-order chi connectivity index (χ0) is 52.5. The number of nitrogens with one attached hydrogen (secondary N) is 6. The summed E-state index contributed by atoms with van der Waals surface area (Å²) in [7, 11) is -13.3. The summed E-state index contributed by atoms with van der Waals surface area (Å²) in [5.41, 5.74) is 0.820. The number of rotatable bonds is 23. The van der Waals surface area contributed by atoms with Gasteiger partial charge in [0.2, 0.25) is 55.7 Å². The van der Waals surface area contributed by atoms with E-state index in [2.05, 4.69) is 67.9 Å². The average molecular weight is 1180 g/mol. The van der Waals surface area contributed by atoms with Crippen LogP contribution in [0.3, 0.4) is 0 Å². The van der Waals surface area contributed by atoms with Crippen molar-refractivity contribution in [3.8, 4) is 0 Å². The summed E-state index contributed by atoms with van der Waals surface area (Å²) in [6.07, 6.45) is 0.563. The van der Waals surface area contributed by atoms with Crippen molar-refractivity contribution < 1.29 is 247 Å². The number of primary sulfonamides is 2. The van der Waals surface area contributed by atoms with Crippen LogP contribution in [0.2, 0.25) is 0 Å². The third-order valence-electron chi connectivity index (χ3n) is 9.14. The number of nitrogens with two attached hydrogens (primary N) is 2. The van der Waals surface area contributed by atoms with Crippen LogP contribution in [0.4, 0.5) is 58.4 Å². The van der Waals surface area contributed by atoms with Gasteiger partial charge in [-0.1, -0.05) is 12.1 Å². The predicted octanol–water partition coefficient (Wildman–Crippen LogP) is -21.4. The van der Waals surface area contributed by atoms with E-state index in [1.165, 1.54) is 78.9 Å². The van der Waals surface area contributed by atoms with Crippen molar-refractivity contribution >= 4 is 125 Å². The third kappa shape index (κ3) is 23.5. The van der Waals surface area contributed by atoms with Gasteiger partial charge >= 0.3 is 177 Å². The molecule has 10 N–H and O–H groups in total. The SMILES string of the molecule is NS(=O)(=O)c1ccc(Nc2nc(Nc3c[c-]c(/C=C/c4ccc(Nc5nc(Nc6ccc(S(N)(=O)=O)cc6)nc(NC(CC(=O)[O-])C(=O)[O-])n5)cc4S(=O)(=O)[O-])cc3)nc(NC(CC(=O)[O-])C(=O)[O-])n2)cc1.[Na+].[Na+].[Na+].[Na+].[Na+].[Na+]. The summed E-state index contributed by atoms with van der Waals surface area (Å²) in [5.74, 6) is -9.37. The van der Waals surface area contributed by atoms with E-state index in [0.29, 0.717) is 5.56 Å². The summed E-state index contributed by atoms with van der Waals surface area (Å²) in [6, 6.07) is 16.9. The molecule has 2 heterocycles. The van der Waals surface area contributed by atoms with Gasteiger partial charge in [0, 0.05) is 41.8 Å². The van der Waals surface area contributed by atoms with Gasteiger partial charge in [-0.05, 0) is 71.9 Å². The number of carboxylic acid groups (broad SMARTS) is 4.